The minimum Gasteiger partial charge on any atom is -0.388 e. The summed E-state index contributed by atoms with van der Waals surface area (Å²) in [6.45, 7) is 5.72. The van der Waals surface area contributed by atoms with Crippen LogP contribution in [0.15, 0.2) is 0 Å². The fourth-order valence-corrected chi connectivity index (χ4v) is 5.32. The first-order valence-corrected chi connectivity index (χ1v) is 13.5. The smallest absolute Gasteiger partial charge is 0.187 e. The summed E-state index contributed by atoms with van der Waals surface area (Å²) >= 11 is 0. The van der Waals surface area contributed by atoms with Crippen molar-refractivity contribution in [2.45, 2.75) is 151 Å². The van der Waals surface area contributed by atoms with Crippen LogP contribution in [0.4, 0.5) is 0 Å². The Morgan fingerprint density at radius 2 is 0.707 bits per heavy atom. The number of aliphatic hydroxyl groups excluding tert-OH is 10. The molecule has 0 aliphatic carbocycles. The Morgan fingerprint density at radius 3 is 1.29 bits per heavy atom. The van der Waals surface area contributed by atoms with Crippen molar-refractivity contribution in [2.24, 2.45) is 0 Å². The largest absolute Gasteiger partial charge is 0.388 e. The van der Waals surface area contributed by atoms with Crippen LogP contribution in [-0.4, -0.2) is 174 Å². The lowest BCUT2D eigenvalue weighted by Crippen LogP contribution is -2.66. The molecule has 0 aromatic rings. The van der Waals surface area contributed by atoms with Crippen molar-refractivity contribution in [3.8, 4) is 0 Å². The van der Waals surface area contributed by atoms with Crippen LogP contribution in [0.25, 0.3) is 0 Å². The zero-order chi connectivity index (χ0) is 30.5. The highest BCUT2D eigenvalue weighted by atomic mass is 16.8. The molecule has 4 aliphatic rings. The van der Waals surface area contributed by atoms with Crippen molar-refractivity contribution in [1.82, 2.24) is 0 Å². The second-order valence-corrected chi connectivity index (χ2v) is 11.1. The van der Waals surface area contributed by atoms with Crippen LogP contribution >= 0.6 is 0 Å². The van der Waals surface area contributed by atoms with E-state index >= 15 is 0 Å². The van der Waals surface area contributed by atoms with Crippen LogP contribution in [0.1, 0.15) is 27.7 Å². The lowest BCUT2D eigenvalue weighted by atomic mass is 9.96. The van der Waals surface area contributed by atoms with Crippen LogP contribution in [0.3, 0.4) is 0 Å². The van der Waals surface area contributed by atoms with Gasteiger partial charge in [-0.1, -0.05) is 0 Å². The maximum atomic E-state index is 10.8. The number of hydrogen-bond acceptors (Lipinski definition) is 17. The van der Waals surface area contributed by atoms with Crippen molar-refractivity contribution in [1.29, 1.82) is 0 Å². The van der Waals surface area contributed by atoms with Crippen LogP contribution in [0.5, 0.6) is 0 Å². The second-order valence-electron chi connectivity index (χ2n) is 11.1. The van der Waals surface area contributed by atoms with Gasteiger partial charge in [0.05, 0.1) is 24.4 Å². The van der Waals surface area contributed by atoms with E-state index in [0.717, 1.165) is 0 Å². The summed E-state index contributed by atoms with van der Waals surface area (Å²) in [6, 6.07) is 0. The lowest BCUT2D eigenvalue weighted by molar-refractivity contribution is -0.393. The van der Waals surface area contributed by atoms with E-state index in [2.05, 4.69) is 0 Å². The van der Waals surface area contributed by atoms with Gasteiger partial charge in [-0.2, -0.15) is 0 Å². The summed E-state index contributed by atoms with van der Waals surface area (Å²) in [4.78, 5) is 0. The van der Waals surface area contributed by atoms with Gasteiger partial charge in [0.15, 0.2) is 25.2 Å². The van der Waals surface area contributed by atoms with E-state index in [1.807, 2.05) is 0 Å². The molecule has 4 rings (SSSR count). The molecule has 20 atom stereocenters. The SMILES string of the molecule is C[C@@H]1O[C@@H](O[C@H]2[C@H](O[C@H]3C(O)O[C@H](C)[C@@H](O)[C@@H]3O)O[C@H](C)[C@@H](O)[C@@H]2O)[C@H](O)[C@H](O)[C@H]1O[C@@H]1O[C@H](C)[C@H](O)[C@H](O)[C@H]1O. The van der Waals surface area contributed by atoms with E-state index in [9.17, 15) is 51.1 Å². The minimum atomic E-state index is -1.84. The first-order chi connectivity index (χ1) is 19.1. The third-order valence-corrected chi connectivity index (χ3v) is 8.05. The maximum Gasteiger partial charge on any atom is 0.187 e. The van der Waals surface area contributed by atoms with Gasteiger partial charge in [-0.05, 0) is 27.7 Å². The molecule has 4 fully saturated rings. The van der Waals surface area contributed by atoms with Gasteiger partial charge in [-0.3, -0.25) is 0 Å². The van der Waals surface area contributed by atoms with E-state index in [4.69, 9.17) is 33.2 Å². The van der Waals surface area contributed by atoms with Crippen molar-refractivity contribution in [3.05, 3.63) is 0 Å². The Balaban J connectivity index is 1.46. The fraction of sp³-hybridized carbons (Fsp3) is 1.00. The molecule has 4 heterocycles. The Bertz CT molecular complexity index is 853. The van der Waals surface area contributed by atoms with Crippen LogP contribution in [0, 0.1) is 0 Å². The average molecular weight is 603 g/mol. The van der Waals surface area contributed by atoms with Crippen molar-refractivity contribution >= 4 is 0 Å². The van der Waals surface area contributed by atoms with Crippen molar-refractivity contribution in [2.75, 3.05) is 0 Å². The maximum absolute atomic E-state index is 10.8. The number of rotatable bonds is 6. The molecule has 4 saturated heterocycles. The quantitative estimate of drug-likeness (QED) is 0.136. The van der Waals surface area contributed by atoms with Gasteiger partial charge in [0.2, 0.25) is 0 Å². The standard InChI is InChI=1S/C24H42O17/c1-5-10(26)13(29)19(21(34)35-5)40-24-20(14(30)11(27)7(3)37-24)41-23-17(33)15(31)18(8(4)38-23)39-22-16(32)12(28)9(25)6(2)36-22/h5-34H,1-4H3/t5-,6-,7-,8+,9+,10-,11-,12+,13+,14+,15+,16-,17-,18+,19-,20-,21?,22+,23+,24+/m1/s1. The third-order valence-electron chi connectivity index (χ3n) is 8.05. The summed E-state index contributed by atoms with van der Waals surface area (Å²) in [5.74, 6) is 0. The molecule has 0 bridgehead atoms. The summed E-state index contributed by atoms with van der Waals surface area (Å²) in [7, 11) is 0. The van der Waals surface area contributed by atoms with Crippen molar-refractivity contribution < 1.29 is 84.2 Å². The summed E-state index contributed by atoms with van der Waals surface area (Å²) < 4.78 is 38.9. The number of hydrogen-bond donors (Lipinski definition) is 10. The predicted octanol–water partition coefficient (Wildman–Crippen LogP) is -5.64. The highest BCUT2D eigenvalue weighted by Gasteiger charge is 2.54. The number of ether oxygens (including phenoxy) is 7. The van der Waals surface area contributed by atoms with Gasteiger partial charge < -0.3 is 84.2 Å². The molecule has 17 heteroatoms. The molecule has 0 aromatic carbocycles. The van der Waals surface area contributed by atoms with Crippen molar-refractivity contribution in [3.63, 3.8) is 0 Å². The molecule has 0 radical (unpaired) electrons. The molecule has 240 valence electrons. The predicted molar refractivity (Wildman–Crippen MR) is 128 cm³/mol. The van der Waals surface area contributed by atoms with E-state index in [1.54, 1.807) is 0 Å². The average Bonchev–Trinajstić information content (AvgIpc) is 2.92. The first kappa shape index (κ1) is 33.2. The monoisotopic (exact) mass is 602 g/mol. The third kappa shape index (κ3) is 6.57. The first-order valence-electron chi connectivity index (χ1n) is 13.5. The van der Waals surface area contributed by atoms with E-state index in [-0.39, 0.29) is 0 Å². The van der Waals surface area contributed by atoms with Crippen LogP contribution in [-0.2, 0) is 33.2 Å². The Kier molecular flexibility index (Phi) is 10.6. The molecular weight excluding hydrogens is 560 g/mol. The van der Waals surface area contributed by atoms with Gasteiger partial charge in [-0.15, -0.1) is 0 Å². The molecule has 1 unspecified atom stereocenters. The van der Waals surface area contributed by atoms with Crippen LogP contribution in [0.2, 0.25) is 0 Å². The molecule has 0 spiro atoms. The molecule has 41 heavy (non-hydrogen) atoms. The molecule has 10 N–H and O–H groups in total. The zero-order valence-corrected chi connectivity index (χ0v) is 22.9. The highest BCUT2D eigenvalue weighted by molar-refractivity contribution is 4.96. The van der Waals surface area contributed by atoms with Gasteiger partial charge in [0.1, 0.15) is 73.2 Å². The van der Waals surface area contributed by atoms with Crippen LogP contribution < -0.4 is 0 Å². The molecule has 4 aliphatic heterocycles. The Hall–Kier alpha value is -0.680. The van der Waals surface area contributed by atoms with Gasteiger partial charge in [0, 0.05) is 0 Å². The zero-order valence-electron chi connectivity index (χ0n) is 22.9. The summed E-state index contributed by atoms with van der Waals surface area (Å²) in [5, 5.41) is 104. The molecule has 0 amide bonds. The second kappa shape index (κ2) is 13.1. The summed E-state index contributed by atoms with van der Waals surface area (Å²) in [6.07, 6.45) is -29.4. The van der Waals surface area contributed by atoms with E-state index < -0.39 is 123 Å². The molecule has 17 nitrogen and oxygen atoms in total. The van der Waals surface area contributed by atoms with E-state index in [0.29, 0.717) is 0 Å². The molecule has 0 saturated carbocycles. The fourth-order valence-electron chi connectivity index (χ4n) is 5.32. The Labute approximate surface area is 235 Å². The normalized spacial score (nSPS) is 56.9. The summed E-state index contributed by atoms with van der Waals surface area (Å²) in [5.41, 5.74) is 0. The van der Waals surface area contributed by atoms with Gasteiger partial charge in [0.25, 0.3) is 0 Å². The molecular formula is C24H42O17. The highest BCUT2D eigenvalue weighted by Crippen LogP contribution is 2.34. The van der Waals surface area contributed by atoms with Gasteiger partial charge in [-0.25, -0.2) is 0 Å². The minimum absolute atomic E-state index is 0.925. The lowest BCUT2D eigenvalue weighted by Gasteiger charge is -2.48. The molecule has 0 aromatic heterocycles. The van der Waals surface area contributed by atoms with E-state index in [1.165, 1.54) is 27.7 Å². The topological polar surface area (TPSA) is 267 Å². The Morgan fingerprint density at radius 1 is 0.341 bits per heavy atom. The van der Waals surface area contributed by atoms with Gasteiger partial charge >= 0.3 is 0 Å². The number of aliphatic hydroxyl groups is 10.